The highest BCUT2D eigenvalue weighted by Crippen LogP contribution is 2.51. The maximum absolute atomic E-state index is 11.2. The van der Waals surface area contributed by atoms with Crippen LogP contribution in [0.3, 0.4) is 0 Å². The first-order valence-corrected chi connectivity index (χ1v) is 13.1. The van der Waals surface area contributed by atoms with Crippen molar-refractivity contribution in [2.24, 2.45) is 0 Å². The molecule has 1 heterocycles. The number of unbranched alkanes of at least 4 members (excludes halogenated alkanes) is 1. The van der Waals surface area contributed by atoms with Crippen molar-refractivity contribution in [3.8, 4) is 22.5 Å². The van der Waals surface area contributed by atoms with Gasteiger partial charge in [-0.25, -0.2) is 0 Å². The van der Waals surface area contributed by atoms with Gasteiger partial charge in [-0.3, -0.25) is 4.79 Å². The van der Waals surface area contributed by atoms with Gasteiger partial charge in [-0.1, -0.05) is 90.4 Å². The van der Waals surface area contributed by atoms with Gasteiger partial charge in [0.1, 0.15) is 0 Å². The maximum Gasteiger partial charge on any atom is 0.304 e. The van der Waals surface area contributed by atoms with Crippen LogP contribution in [0, 0.1) is 6.92 Å². The zero-order chi connectivity index (χ0) is 25.8. The molecule has 2 N–H and O–H groups in total. The Bertz CT molecular complexity index is 1340. The van der Waals surface area contributed by atoms with Crippen LogP contribution in [-0.4, -0.2) is 21.3 Å². The van der Waals surface area contributed by atoms with Crippen LogP contribution >= 0.6 is 0 Å². The van der Waals surface area contributed by atoms with Gasteiger partial charge in [0.05, 0.1) is 18.2 Å². The molecule has 1 unspecified atom stereocenters. The zero-order valence-corrected chi connectivity index (χ0v) is 21.2. The monoisotopic (exact) mass is 495 g/mol. The molecule has 1 aliphatic rings. The number of carboxylic acid groups (broad SMARTS) is 1. The average molecular weight is 496 g/mol. The first kappa shape index (κ1) is 25.0. The van der Waals surface area contributed by atoms with E-state index in [0.717, 1.165) is 83.4 Å². The summed E-state index contributed by atoms with van der Waals surface area (Å²) < 4.78 is 5.72. The molecular weight excluding hydrogens is 462 g/mol. The predicted molar refractivity (Wildman–Crippen MR) is 144 cm³/mol. The van der Waals surface area contributed by atoms with Gasteiger partial charge in [0.25, 0.3) is 0 Å². The summed E-state index contributed by atoms with van der Waals surface area (Å²) >= 11 is 0. The van der Waals surface area contributed by atoms with Crippen molar-refractivity contribution >= 4 is 5.97 Å². The number of benzene rings is 3. The fraction of sp³-hybridized carbons (Fsp3) is 0.312. The Balaban J connectivity index is 1.22. The number of aliphatic hydroxyl groups excluding tert-OH is 1. The number of aliphatic carboxylic acids is 1. The summed E-state index contributed by atoms with van der Waals surface area (Å²) in [5.41, 5.74) is 7.15. The minimum absolute atomic E-state index is 0.172. The van der Waals surface area contributed by atoms with Crippen molar-refractivity contribution < 1.29 is 19.5 Å². The largest absolute Gasteiger partial charge is 0.481 e. The van der Waals surface area contributed by atoms with Gasteiger partial charge in [-0.15, -0.1) is 0 Å². The second-order valence-electron chi connectivity index (χ2n) is 10.3. The molecule has 5 nitrogen and oxygen atoms in total. The molecule has 0 bridgehead atoms. The third-order valence-corrected chi connectivity index (χ3v) is 7.64. The number of hydrogen-bond acceptors (Lipinski definition) is 4. The first-order chi connectivity index (χ1) is 17.9. The second kappa shape index (κ2) is 10.7. The molecule has 1 saturated carbocycles. The number of aromatic nitrogens is 1. The molecule has 1 atom stereocenters. The standard InChI is InChI=1S/C32H33NO4/c1-22-28(9-5-6-10-29(34)25-7-3-2-4-8-25)31(37-33-22)26-13-11-23(12-14-26)24-15-17-27(18-16-24)32(19-20-32)21-30(35)36/h2-4,7-8,11-18,29,34H,5-6,9-10,19-21H2,1H3,(H,35,36). The highest BCUT2D eigenvalue weighted by Gasteiger charge is 2.45. The summed E-state index contributed by atoms with van der Waals surface area (Å²) in [6, 6.07) is 26.4. The Morgan fingerprint density at radius 1 is 0.919 bits per heavy atom. The molecule has 5 rings (SSSR count). The number of rotatable bonds is 11. The molecule has 1 fully saturated rings. The fourth-order valence-corrected chi connectivity index (χ4v) is 5.23. The summed E-state index contributed by atoms with van der Waals surface area (Å²) in [5, 5.41) is 23.9. The van der Waals surface area contributed by atoms with Crippen LogP contribution in [0.25, 0.3) is 22.5 Å². The lowest BCUT2D eigenvalue weighted by Crippen LogP contribution is -2.12. The molecule has 0 spiro atoms. The number of carbonyl (C=O) groups is 1. The minimum Gasteiger partial charge on any atom is -0.481 e. The van der Waals surface area contributed by atoms with Gasteiger partial charge in [0.15, 0.2) is 5.76 Å². The van der Waals surface area contributed by atoms with Crippen LogP contribution in [0.2, 0.25) is 0 Å². The van der Waals surface area contributed by atoms with Crippen LogP contribution in [0.15, 0.2) is 83.4 Å². The fourth-order valence-electron chi connectivity index (χ4n) is 5.23. The molecular formula is C32H33NO4. The summed E-state index contributed by atoms with van der Waals surface area (Å²) in [5.74, 6) is 0.0799. The van der Waals surface area contributed by atoms with Crippen LogP contribution in [0.5, 0.6) is 0 Å². The van der Waals surface area contributed by atoms with E-state index in [4.69, 9.17) is 4.52 Å². The van der Waals surface area contributed by atoms with E-state index in [1.807, 2.05) is 37.3 Å². The Morgan fingerprint density at radius 2 is 1.54 bits per heavy atom. The molecule has 4 aromatic rings. The molecule has 37 heavy (non-hydrogen) atoms. The average Bonchev–Trinajstić information content (AvgIpc) is 3.60. The summed E-state index contributed by atoms with van der Waals surface area (Å²) in [4.78, 5) is 11.2. The highest BCUT2D eigenvalue weighted by molar-refractivity contribution is 5.72. The zero-order valence-electron chi connectivity index (χ0n) is 21.2. The normalized spacial score (nSPS) is 14.9. The molecule has 1 aromatic heterocycles. The Labute approximate surface area is 217 Å². The Morgan fingerprint density at radius 3 is 2.16 bits per heavy atom. The third kappa shape index (κ3) is 5.67. The van der Waals surface area contributed by atoms with Crippen molar-refractivity contribution in [2.45, 2.75) is 63.4 Å². The molecule has 190 valence electrons. The van der Waals surface area contributed by atoms with E-state index in [0.29, 0.717) is 0 Å². The molecule has 0 saturated heterocycles. The SMILES string of the molecule is Cc1noc(-c2ccc(-c3ccc(C4(CC(=O)O)CC4)cc3)cc2)c1CCCCC(O)c1ccccc1. The lowest BCUT2D eigenvalue weighted by Gasteiger charge is -2.14. The number of nitrogens with zero attached hydrogens (tertiary/aromatic N) is 1. The molecule has 0 amide bonds. The van der Waals surface area contributed by atoms with Gasteiger partial charge in [0.2, 0.25) is 0 Å². The quantitative estimate of drug-likeness (QED) is 0.214. The number of aryl methyl sites for hydroxylation is 1. The number of hydrogen-bond donors (Lipinski definition) is 2. The highest BCUT2D eigenvalue weighted by atomic mass is 16.5. The topological polar surface area (TPSA) is 83.6 Å². The maximum atomic E-state index is 11.2. The Kier molecular flexibility index (Phi) is 7.24. The summed E-state index contributed by atoms with van der Waals surface area (Å²) in [6.07, 6.45) is 5.11. The van der Waals surface area contributed by atoms with Crippen molar-refractivity contribution in [1.82, 2.24) is 5.16 Å². The van der Waals surface area contributed by atoms with E-state index in [1.165, 1.54) is 0 Å². The van der Waals surface area contributed by atoms with Gasteiger partial charge in [0, 0.05) is 16.5 Å². The second-order valence-corrected chi connectivity index (χ2v) is 10.3. The van der Waals surface area contributed by atoms with Crippen molar-refractivity contribution in [3.63, 3.8) is 0 Å². The number of aliphatic hydroxyl groups is 1. The van der Waals surface area contributed by atoms with Crippen LogP contribution in [0.1, 0.15) is 67.0 Å². The van der Waals surface area contributed by atoms with E-state index >= 15 is 0 Å². The van der Waals surface area contributed by atoms with Gasteiger partial charge in [-0.2, -0.15) is 0 Å². The van der Waals surface area contributed by atoms with Crippen LogP contribution in [0.4, 0.5) is 0 Å². The summed E-state index contributed by atoms with van der Waals surface area (Å²) in [6.45, 7) is 1.98. The van der Waals surface area contributed by atoms with E-state index in [-0.39, 0.29) is 11.8 Å². The van der Waals surface area contributed by atoms with E-state index in [2.05, 4.69) is 53.7 Å². The summed E-state index contributed by atoms with van der Waals surface area (Å²) in [7, 11) is 0. The van der Waals surface area contributed by atoms with Crippen LogP contribution in [-0.2, 0) is 16.6 Å². The van der Waals surface area contributed by atoms with Crippen molar-refractivity contribution in [1.29, 1.82) is 0 Å². The number of carboxylic acids is 1. The van der Waals surface area contributed by atoms with E-state index < -0.39 is 12.1 Å². The Hall–Kier alpha value is -3.70. The van der Waals surface area contributed by atoms with Crippen molar-refractivity contribution in [3.05, 3.63) is 101 Å². The first-order valence-electron chi connectivity index (χ1n) is 13.1. The molecule has 0 radical (unpaired) electrons. The molecule has 5 heteroatoms. The van der Waals surface area contributed by atoms with Crippen molar-refractivity contribution in [2.75, 3.05) is 0 Å². The third-order valence-electron chi connectivity index (χ3n) is 7.64. The lowest BCUT2D eigenvalue weighted by molar-refractivity contribution is -0.137. The van der Waals surface area contributed by atoms with Gasteiger partial charge in [-0.05, 0) is 61.3 Å². The molecule has 1 aliphatic carbocycles. The minimum atomic E-state index is -0.732. The smallest absolute Gasteiger partial charge is 0.304 e. The van der Waals surface area contributed by atoms with Crippen LogP contribution < -0.4 is 0 Å². The molecule has 3 aromatic carbocycles. The predicted octanol–water partition coefficient (Wildman–Crippen LogP) is 7.27. The molecule has 0 aliphatic heterocycles. The van der Waals surface area contributed by atoms with E-state index in [1.54, 1.807) is 0 Å². The van der Waals surface area contributed by atoms with Gasteiger partial charge >= 0.3 is 5.97 Å². The van der Waals surface area contributed by atoms with E-state index in [9.17, 15) is 15.0 Å². The lowest BCUT2D eigenvalue weighted by atomic mass is 9.91. The van der Waals surface area contributed by atoms with Gasteiger partial charge < -0.3 is 14.7 Å².